The lowest BCUT2D eigenvalue weighted by atomic mass is 10.0. The molecule has 2 atom stereocenters. The first-order valence-corrected chi connectivity index (χ1v) is 6.97. The van der Waals surface area contributed by atoms with Gasteiger partial charge in [0.15, 0.2) is 6.10 Å². The van der Waals surface area contributed by atoms with Crippen molar-refractivity contribution in [1.29, 1.82) is 0 Å². The lowest BCUT2D eigenvalue weighted by Crippen LogP contribution is -2.33. The summed E-state index contributed by atoms with van der Waals surface area (Å²) >= 11 is 0. The van der Waals surface area contributed by atoms with Crippen LogP contribution < -0.4 is 10.2 Å². The van der Waals surface area contributed by atoms with E-state index < -0.39 is 6.10 Å². The molecule has 2 unspecified atom stereocenters. The third-order valence-corrected chi connectivity index (χ3v) is 4.24. The Balaban J connectivity index is 1.91. The van der Waals surface area contributed by atoms with E-state index in [0.717, 1.165) is 17.9 Å². The van der Waals surface area contributed by atoms with E-state index in [1.54, 1.807) is 0 Å². The van der Waals surface area contributed by atoms with Gasteiger partial charge in [-0.15, -0.1) is 0 Å². The number of anilines is 2. The first-order chi connectivity index (χ1) is 9.08. The van der Waals surface area contributed by atoms with E-state index in [0.29, 0.717) is 17.5 Å². The summed E-state index contributed by atoms with van der Waals surface area (Å²) in [5.41, 5.74) is 2.59. The molecule has 0 bridgehead atoms. The van der Waals surface area contributed by atoms with E-state index in [1.807, 2.05) is 18.2 Å². The maximum absolute atomic E-state index is 11.5. The summed E-state index contributed by atoms with van der Waals surface area (Å²) in [6.07, 6.45) is 1.43. The Morgan fingerprint density at radius 3 is 2.95 bits per heavy atom. The van der Waals surface area contributed by atoms with E-state index in [1.165, 1.54) is 12.8 Å². The van der Waals surface area contributed by atoms with Gasteiger partial charge in [0, 0.05) is 29.5 Å². The Morgan fingerprint density at radius 1 is 1.42 bits per heavy atom. The molecule has 1 aromatic carbocycles. The van der Waals surface area contributed by atoms with Crippen LogP contribution in [0.4, 0.5) is 11.4 Å². The highest BCUT2D eigenvalue weighted by molar-refractivity contribution is 6.02. The topological polar surface area (TPSA) is 52.6 Å². The van der Waals surface area contributed by atoms with E-state index in [9.17, 15) is 9.90 Å². The molecule has 2 heterocycles. The quantitative estimate of drug-likeness (QED) is 0.858. The lowest BCUT2D eigenvalue weighted by Gasteiger charge is -2.30. The van der Waals surface area contributed by atoms with Gasteiger partial charge >= 0.3 is 0 Å². The van der Waals surface area contributed by atoms with Crippen molar-refractivity contribution in [1.82, 2.24) is 0 Å². The fourth-order valence-corrected chi connectivity index (χ4v) is 3.22. The fraction of sp³-hybridized carbons (Fsp3) is 0.533. The summed E-state index contributed by atoms with van der Waals surface area (Å²) in [4.78, 5) is 13.9. The molecule has 0 aliphatic carbocycles. The maximum atomic E-state index is 11.5. The van der Waals surface area contributed by atoms with Crippen LogP contribution in [0.25, 0.3) is 0 Å². The van der Waals surface area contributed by atoms with Crippen LogP contribution in [-0.2, 0) is 4.79 Å². The van der Waals surface area contributed by atoms with Crippen LogP contribution in [0.1, 0.15) is 38.4 Å². The molecule has 4 heteroatoms. The molecule has 0 saturated carbocycles. The molecule has 2 aliphatic rings. The second-order valence-corrected chi connectivity index (χ2v) is 5.81. The van der Waals surface area contributed by atoms with Crippen molar-refractivity contribution in [3.05, 3.63) is 23.8 Å². The number of hydrogen-bond donors (Lipinski definition) is 2. The van der Waals surface area contributed by atoms with Crippen LogP contribution >= 0.6 is 0 Å². The SMILES string of the molecule is CC(C)C1CCCN1c1ccc2c(c1)NC(=O)C2O. The second-order valence-electron chi connectivity index (χ2n) is 5.81. The Labute approximate surface area is 113 Å². The van der Waals surface area contributed by atoms with Gasteiger partial charge < -0.3 is 15.3 Å². The number of nitrogens with one attached hydrogen (secondary N) is 1. The number of rotatable bonds is 2. The third-order valence-electron chi connectivity index (χ3n) is 4.24. The molecule has 19 heavy (non-hydrogen) atoms. The van der Waals surface area contributed by atoms with Gasteiger partial charge in [0.1, 0.15) is 0 Å². The summed E-state index contributed by atoms with van der Waals surface area (Å²) in [6, 6.07) is 6.44. The van der Waals surface area contributed by atoms with Crippen molar-refractivity contribution in [2.75, 3.05) is 16.8 Å². The highest BCUT2D eigenvalue weighted by atomic mass is 16.3. The Morgan fingerprint density at radius 2 is 2.21 bits per heavy atom. The average Bonchev–Trinajstić information content (AvgIpc) is 2.95. The zero-order chi connectivity index (χ0) is 13.6. The van der Waals surface area contributed by atoms with Gasteiger partial charge in [-0.2, -0.15) is 0 Å². The van der Waals surface area contributed by atoms with Crippen LogP contribution in [0.15, 0.2) is 18.2 Å². The van der Waals surface area contributed by atoms with Gasteiger partial charge in [0.2, 0.25) is 0 Å². The number of hydrogen-bond acceptors (Lipinski definition) is 3. The van der Waals surface area contributed by atoms with E-state index in [-0.39, 0.29) is 5.91 Å². The summed E-state index contributed by atoms with van der Waals surface area (Å²) in [6.45, 7) is 5.57. The minimum absolute atomic E-state index is 0.325. The first-order valence-electron chi connectivity index (χ1n) is 6.97. The highest BCUT2D eigenvalue weighted by Gasteiger charge is 2.31. The van der Waals surface area contributed by atoms with Gasteiger partial charge in [-0.3, -0.25) is 4.79 Å². The van der Waals surface area contributed by atoms with Crippen molar-refractivity contribution in [3.63, 3.8) is 0 Å². The van der Waals surface area contributed by atoms with Crippen LogP contribution in [0.5, 0.6) is 0 Å². The second kappa shape index (κ2) is 4.53. The summed E-state index contributed by atoms with van der Waals surface area (Å²) in [7, 11) is 0. The number of benzene rings is 1. The van der Waals surface area contributed by atoms with Crippen LogP contribution in [-0.4, -0.2) is 23.6 Å². The van der Waals surface area contributed by atoms with Crippen LogP contribution in [0.2, 0.25) is 0 Å². The third kappa shape index (κ3) is 2.00. The van der Waals surface area contributed by atoms with Crippen molar-refractivity contribution in [2.45, 2.75) is 38.8 Å². The number of fused-ring (bicyclic) bond motifs is 1. The molecule has 4 nitrogen and oxygen atoms in total. The largest absolute Gasteiger partial charge is 0.378 e. The molecular weight excluding hydrogens is 240 g/mol. The minimum atomic E-state index is -1.01. The predicted molar refractivity (Wildman–Crippen MR) is 75.2 cm³/mol. The minimum Gasteiger partial charge on any atom is -0.378 e. The Bertz CT molecular complexity index is 513. The number of amides is 1. The molecule has 0 aromatic heterocycles. The number of carbonyl (C=O) groups is 1. The fourth-order valence-electron chi connectivity index (χ4n) is 3.22. The first kappa shape index (κ1) is 12.5. The average molecular weight is 260 g/mol. The van der Waals surface area contributed by atoms with Gasteiger partial charge in [-0.05, 0) is 30.9 Å². The zero-order valence-electron chi connectivity index (χ0n) is 11.4. The molecular formula is C15H20N2O2. The highest BCUT2D eigenvalue weighted by Crippen LogP contribution is 2.37. The zero-order valence-corrected chi connectivity index (χ0v) is 11.4. The number of aliphatic hydroxyl groups excluding tert-OH is 1. The standard InChI is InChI=1S/C15H20N2O2/c1-9(2)13-4-3-7-17(13)10-5-6-11-12(8-10)16-15(19)14(11)18/h5-6,8-9,13-14,18H,3-4,7H2,1-2H3,(H,16,19). The molecule has 2 aliphatic heterocycles. The predicted octanol–water partition coefficient (Wildman–Crippen LogP) is 2.30. The lowest BCUT2D eigenvalue weighted by molar-refractivity contribution is -0.123. The van der Waals surface area contributed by atoms with Crippen LogP contribution in [0, 0.1) is 5.92 Å². The molecule has 0 spiro atoms. The van der Waals surface area contributed by atoms with E-state index in [2.05, 4.69) is 24.1 Å². The molecule has 3 rings (SSSR count). The number of nitrogens with zero attached hydrogens (tertiary/aromatic N) is 1. The Kier molecular flexibility index (Phi) is 2.97. The molecule has 1 fully saturated rings. The van der Waals surface area contributed by atoms with Gasteiger partial charge in [-0.1, -0.05) is 19.9 Å². The summed E-state index contributed by atoms with van der Waals surface area (Å²) in [5, 5.41) is 12.5. The monoisotopic (exact) mass is 260 g/mol. The van der Waals surface area contributed by atoms with Gasteiger partial charge in [0.05, 0.1) is 0 Å². The number of carbonyl (C=O) groups excluding carboxylic acids is 1. The van der Waals surface area contributed by atoms with Crippen molar-refractivity contribution < 1.29 is 9.90 Å². The van der Waals surface area contributed by atoms with Crippen molar-refractivity contribution in [3.8, 4) is 0 Å². The maximum Gasteiger partial charge on any atom is 0.257 e. The molecule has 0 radical (unpaired) electrons. The molecule has 2 N–H and O–H groups in total. The van der Waals surface area contributed by atoms with Gasteiger partial charge in [0.25, 0.3) is 5.91 Å². The van der Waals surface area contributed by atoms with Crippen molar-refractivity contribution in [2.24, 2.45) is 5.92 Å². The molecule has 102 valence electrons. The summed E-state index contributed by atoms with van der Waals surface area (Å²) in [5.74, 6) is 0.296. The molecule has 1 amide bonds. The molecule has 1 saturated heterocycles. The van der Waals surface area contributed by atoms with Crippen LogP contribution in [0.3, 0.4) is 0 Å². The smallest absolute Gasteiger partial charge is 0.257 e. The van der Waals surface area contributed by atoms with Crippen molar-refractivity contribution >= 4 is 17.3 Å². The number of aliphatic hydroxyl groups is 1. The van der Waals surface area contributed by atoms with E-state index in [4.69, 9.17) is 0 Å². The van der Waals surface area contributed by atoms with E-state index >= 15 is 0 Å². The Hall–Kier alpha value is -1.55. The van der Waals surface area contributed by atoms with Gasteiger partial charge in [-0.25, -0.2) is 0 Å². The normalized spacial score (nSPS) is 25.9. The summed E-state index contributed by atoms with van der Waals surface area (Å²) < 4.78 is 0. The molecule has 1 aromatic rings.